The number of nitrogens with zero attached hydrogens (tertiary/aromatic N) is 1. The van der Waals surface area contributed by atoms with Gasteiger partial charge in [-0.1, -0.05) is 36.4 Å². The van der Waals surface area contributed by atoms with E-state index in [4.69, 9.17) is 4.74 Å². The standard InChI is InChI=1S/C22H19NO4S/c1-27-16-7-4-6-15(12-16)20(24)13-22(26)18-9-2-3-10-19(18)23(21(22)25)14-17-8-5-11-28-17/h2-12,26H,13-14H2,1H3/t22-/m0/s1. The van der Waals surface area contributed by atoms with Crippen LogP contribution in [0, 0.1) is 0 Å². The third-order valence-corrected chi connectivity index (χ3v) is 5.80. The first kappa shape index (κ1) is 18.4. The average Bonchev–Trinajstić information content (AvgIpc) is 3.30. The van der Waals surface area contributed by atoms with Gasteiger partial charge in [-0.25, -0.2) is 0 Å². The van der Waals surface area contributed by atoms with E-state index in [9.17, 15) is 14.7 Å². The molecule has 1 aliphatic heterocycles. The highest BCUT2D eigenvalue weighted by Gasteiger charge is 2.50. The van der Waals surface area contributed by atoms with E-state index in [0.717, 1.165) is 4.88 Å². The Balaban J connectivity index is 1.67. The van der Waals surface area contributed by atoms with Gasteiger partial charge < -0.3 is 14.7 Å². The van der Waals surface area contributed by atoms with Crippen LogP contribution in [-0.4, -0.2) is 23.9 Å². The minimum atomic E-state index is -1.88. The van der Waals surface area contributed by atoms with Crippen LogP contribution in [0.15, 0.2) is 66.0 Å². The zero-order valence-electron chi connectivity index (χ0n) is 15.3. The third-order valence-electron chi connectivity index (χ3n) is 4.94. The summed E-state index contributed by atoms with van der Waals surface area (Å²) in [6.45, 7) is 0.364. The largest absolute Gasteiger partial charge is 0.497 e. The van der Waals surface area contributed by atoms with Crippen molar-refractivity contribution >= 4 is 28.7 Å². The molecule has 1 aromatic heterocycles. The summed E-state index contributed by atoms with van der Waals surface area (Å²) in [7, 11) is 1.52. The monoisotopic (exact) mass is 393 g/mol. The van der Waals surface area contributed by atoms with Gasteiger partial charge in [-0.2, -0.15) is 0 Å². The van der Waals surface area contributed by atoms with Crippen LogP contribution >= 0.6 is 11.3 Å². The molecule has 0 radical (unpaired) electrons. The number of Topliss-reactive ketones (excluding diaryl/α,β-unsaturated/α-hetero) is 1. The molecule has 28 heavy (non-hydrogen) atoms. The highest BCUT2D eigenvalue weighted by atomic mass is 32.1. The third kappa shape index (κ3) is 3.10. The smallest absolute Gasteiger partial charge is 0.264 e. The number of fused-ring (bicyclic) bond motifs is 1. The van der Waals surface area contributed by atoms with E-state index >= 15 is 0 Å². The lowest BCUT2D eigenvalue weighted by molar-refractivity contribution is -0.136. The molecule has 1 atom stereocenters. The molecule has 4 rings (SSSR count). The Labute approximate surface area is 166 Å². The van der Waals surface area contributed by atoms with Crippen LogP contribution < -0.4 is 9.64 Å². The van der Waals surface area contributed by atoms with Gasteiger partial charge in [0, 0.05) is 16.0 Å². The highest BCUT2D eigenvalue weighted by molar-refractivity contribution is 7.09. The molecule has 5 nitrogen and oxygen atoms in total. The molecule has 0 fully saturated rings. The number of ether oxygens (including phenoxy) is 1. The molecule has 1 N–H and O–H groups in total. The molecule has 6 heteroatoms. The van der Waals surface area contributed by atoms with E-state index in [1.807, 2.05) is 23.6 Å². The van der Waals surface area contributed by atoms with Gasteiger partial charge in [0.05, 0.1) is 25.8 Å². The zero-order chi connectivity index (χ0) is 19.7. The lowest BCUT2D eigenvalue weighted by Crippen LogP contribution is -2.41. The fourth-order valence-corrected chi connectivity index (χ4v) is 4.22. The number of amides is 1. The Hall–Kier alpha value is -2.96. The molecule has 1 amide bonds. The number of benzene rings is 2. The summed E-state index contributed by atoms with van der Waals surface area (Å²) in [4.78, 5) is 28.6. The van der Waals surface area contributed by atoms with Crippen LogP contribution in [0.3, 0.4) is 0 Å². The van der Waals surface area contributed by atoms with E-state index in [-0.39, 0.29) is 12.2 Å². The minimum absolute atomic E-state index is 0.317. The molecule has 0 saturated carbocycles. The average molecular weight is 393 g/mol. The van der Waals surface area contributed by atoms with Crippen molar-refractivity contribution in [2.24, 2.45) is 0 Å². The summed E-state index contributed by atoms with van der Waals surface area (Å²) in [5.74, 6) is -0.240. The van der Waals surface area contributed by atoms with E-state index < -0.39 is 11.5 Å². The van der Waals surface area contributed by atoms with Crippen LogP contribution in [0.25, 0.3) is 0 Å². The van der Waals surface area contributed by atoms with Gasteiger partial charge in [0.15, 0.2) is 11.4 Å². The number of rotatable bonds is 6. The summed E-state index contributed by atoms with van der Waals surface area (Å²) in [5, 5.41) is 13.3. The number of thiophene rings is 1. The molecular formula is C22H19NO4S. The Bertz CT molecular complexity index is 1030. The van der Waals surface area contributed by atoms with Crippen molar-refractivity contribution in [1.29, 1.82) is 0 Å². The van der Waals surface area contributed by atoms with Crippen molar-refractivity contribution < 1.29 is 19.4 Å². The van der Waals surface area contributed by atoms with Gasteiger partial charge in [-0.3, -0.25) is 9.59 Å². The second-order valence-corrected chi connectivity index (χ2v) is 7.71. The molecule has 142 valence electrons. The maximum atomic E-state index is 13.2. The number of aliphatic hydroxyl groups is 1. The molecule has 0 bridgehead atoms. The van der Waals surface area contributed by atoms with E-state index in [1.54, 1.807) is 58.7 Å². The molecule has 0 unspecified atom stereocenters. The number of para-hydroxylation sites is 1. The van der Waals surface area contributed by atoms with E-state index in [2.05, 4.69) is 0 Å². The highest BCUT2D eigenvalue weighted by Crippen LogP contribution is 2.43. The number of hydrogen-bond acceptors (Lipinski definition) is 5. The van der Waals surface area contributed by atoms with Crippen LogP contribution in [0.2, 0.25) is 0 Å². The SMILES string of the molecule is COc1cccc(C(=O)C[C@@]2(O)C(=O)N(Cc3cccs3)c3ccccc32)c1. The van der Waals surface area contributed by atoms with Gasteiger partial charge in [0.25, 0.3) is 5.91 Å². The molecule has 2 aromatic carbocycles. The fourth-order valence-electron chi connectivity index (χ4n) is 3.52. The Morgan fingerprint density at radius 3 is 2.71 bits per heavy atom. The van der Waals surface area contributed by atoms with Crippen LogP contribution in [-0.2, 0) is 16.9 Å². The number of carbonyl (C=O) groups excluding carboxylic acids is 2. The first-order chi connectivity index (χ1) is 13.5. The normalized spacial score (nSPS) is 18.2. The van der Waals surface area contributed by atoms with Gasteiger partial charge in [-0.05, 0) is 29.6 Å². The van der Waals surface area contributed by atoms with Crippen molar-refractivity contribution in [3.63, 3.8) is 0 Å². The van der Waals surface area contributed by atoms with Crippen molar-refractivity contribution in [1.82, 2.24) is 0 Å². The number of ketones is 1. The minimum Gasteiger partial charge on any atom is -0.497 e. The Morgan fingerprint density at radius 1 is 1.14 bits per heavy atom. The Morgan fingerprint density at radius 2 is 1.96 bits per heavy atom. The summed E-state index contributed by atoms with van der Waals surface area (Å²) in [5.41, 5.74) is -0.377. The van der Waals surface area contributed by atoms with Crippen molar-refractivity contribution in [2.45, 2.75) is 18.6 Å². The summed E-state index contributed by atoms with van der Waals surface area (Å²) < 4.78 is 5.16. The summed E-state index contributed by atoms with van der Waals surface area (Å²) >= 11 is 1.55. The van der Waals surface area contributed by atoms with Crippen LogP contribution in [0.5, 0.6) is 5.75 Å². The van der Waals surface area contributed by atoms with Gasteiger partial charge >= 0.3 is 0 Å². The van der Waals surface area contributed by atoms with Gasteiger partial charge in [0.1, 0.15) is 5.75 Å². The molecule has 2 heterocycles. The lowest BCUT2D eigenvalue weighted by Gasteiger charge is -2.22. The maximum absolute atomic E-state index is 13.2. The molecule has 0 aliphatic carbocycles. The predicted molar refractivity (Wildman–Crippen MR) is 108 cm³/mol. The van der Waals surface area contributed by atoms with Gasteiger partial charge in [-0.15, -0.1) is 11.3 Å². The van der Waals surface area contributed by atoms with Crippen LogP contribution in [0.4, 0.5) is 5.69 Å². The fraction of sp³-hybridized carbons (Fsp3) is 0.182. The molecule has 3 aromatic rings. The predicted octanol–water partition coefficient (Wildman–Crippen LogP) is 3.76. The van der Waals surface area contributed by atoms with E-state index in [1.165, 1.54) is 7.11 Å². The lowest BCUT2D eigenvalue weighted by atomic mass is 9.88. The quantitative estimate of drug-likeness (QED) is 0.648. The van der Waals surface area contributed by atoms with Crippen molar-refractivity contribution in [3.8, 4) is 5.75 Å². The molecule has 0 saturated heterocycles. The number of methoxy groups -OCH3 is 1. The molecule has 1 aliphatic rings. The Kier molecular flexibility index (Phi) is 4.75. The van der Waals surface area contributed by atoms with Gasteiger partial charge in [0.2, 0.25) is 0 Å². The first-order valence-electron chi connectivity index (χ1n) is 8.86. The summed E-state index contributed by atoms with van der Waals surface area (Å²) in [6.07, 6.45) is -0.322. The first-order valence-corrected chi connectivity index (χ1v) is 9.74. The molecular weight excluding hydrogens is 374 g/mol. The zero-order valence-corrected chi connectivity index (χ0v) is 16.1. The number of anilines is 1. The van der Waals surface area contributed by atoms with E-state index in [0.29, 0.717) is 29.1 Å². The van der Waals surface area contributed by atoms with Crippen LogP contribution in [0.1, 0.15) is 27.2 Å². The molecule has 0 spiro atoms. The number of carbonyl (C=O) groups is 2. The second kappa shape index (κ2) is 7.22. The van der Waals surface area contributed by atoms with Crippen molar-refractivity contribution in [3.05, 3.63) is 82.0 Å². The second-order valence-electron chi connectivity index (χ2n) is 6.68. The van der Waals surface area contributed by atoms with Crippen molar-refractivity contribution in [2.75, 3.05) is 12.0 Å². The summed E-state index contributed by atoms with van der Waals surface area (Å²) in [6, 6.07) is 17.7. The number of hydrogen-bond donors (Lipinski definition) is 1. The maximum Gasteiger partial charge on any atom is 0.264 e. The topological polar surface area (TPSA) is 66.8 Å².